The molecule has 1 amide bonds. The molecule has 0 bridgehead atoms. The molecule has 0 aliphatic carbocycles. The summed E-state index contributed by atoms with van der Waals surface area (Å²) in [7, 11) is 1.55. The first kappa shape index (κ1) is 14.4. The Labute approximate surface area is 106 Å². The maximum Gasteiger partial charge on any atom is 0.268 e. The van der Waals surface area contributed by atoms with Gasteiger partial charge in [0.1, 0.15) is 5.69 Å². The van der Waals surface area contributed by atoms with Crippen molar-refractivity contribution in [3.63, 3.8) is 0 Å². The minimum atomic E-state index is -0.338. The molecule has 0 aromatic carbocycles. The van der Waals surface area contributed by atoms with Crippen molar-refractivity contribution in [1.82, 2.24) is 9.88 Å². The number of nitrogens with zero attached hydrogens (tertiary/aromatic N) is 1. The Morgan fingerprint density at radius 3 is 2.67 bits per heavy atom. The Balaban J connectivity index is 2.81. The number of pyridine rings is 1. The second kappa shape index (κ2) is 6.35. The lowest BCUT2D eigenvalue weighted by atomic mass is 10.0. The highest BCUT2D eigenvalue weighted by Gasteiger charge is 2.16. The number of hydrogen-bond acceptors (Lipinski definition) is 3. The number of aromatic nitrogens is 1. The maximum atomic E-state index is 12.0. The van der Waals surface area contributed by atoms with Gasteiger partial charge in [-0.25, -0.2) is 0 Å². The minimum Gasteiger partial charge on any atom is -0.394 e. The fraction of sp³-hybridized carbons (Fsp3) is 0.538. The van der Waals surface area contributed by atoms with E-state index < -0.39 is 0 Å². The second-order valence-electron chi connectivity index (χ2n) is 4.79. The lowest BCUT2D eigenvalue weighted by Crippen LogP contribution is -2.40. The molecule has 5 nitrogen and oxygen atoms in total. The molecule has 0 saturated carbocycles. The Hall–Kier alpha value is -1.62. The molecule has 0 aliphatic heterocycles. The van der Waals surface area contributed by atoms with Gasteiger partial charge in [-0.1, -0.05) is 19.9 Å². The van der Waals surface area contributed by atoms with Crippen LogP contribution in [0.2, 0.25) is 0 Å². The molecule has 1 rings (SSSR count). The van der Waals surface area contributed by atoms with E-state index in [1.54, 1.807) is 19.2 Å². The first-order valence-corrected chi connectivity index (χ1v) is 6.03. The van der Waals surface area contributed by atoms with Crippen LogP contribution in [0.1, 0.15) is 30.8 Å². The van der Waals surface area contributed by atoms with Crippen molar-refractivity contribution < 1.29 is 9.90 Å². The van der Waals surface area contributed by atoms with Crippen LogP contribution in [0, 0.1) is 5.92 Å². The van der Waals surface area contributed by atoms with E-state index in [4.69, 9.17) is 0 Å². The molecule has 1 aromatic rings. The van der Waals surface area contributed by atoms with Gasteiger partial charge in [-0.05, 0) is 18.4 Å². The average Bonchev–Trinajstić information content (AvgIpc) is 2.31. The van der Waals surface area contributed by atoms with E-state index in [2.05, 4.69) is 5.32 Å². The SMILES string of the molecule is CC(C)CC(CO)NC(=O)c1cccc(=O)n1C. The van der Waals surface area contributed by atoms with Gasteiger partial charge in [0.15, 0.2) is 0 Å². The van der Waals surface area contributed by atoms with Gasteiger partial charge in [-0.15, -0.1) is 0 Å². The minimum absolute atomic E-state index is 0.106. The zero-order chi connectivity index (χ0) is 13.7. The fourth-order valence-electron chi connectivity index (χ4n) is 1.80. The van der Waals surface area contributed by atoms with Crippen LogP contribution in [-0.4, -0.2) is 28.2 Å². The van der Waals surface area contributed by atoms with E-state index in [0.717, 1.165) is 0 Å². The first-order valence-electron chi connectivity index (χ1n) is 6.03. The van der Waals surface area contributed by atoms with Crippen LogP contribution in [0.5, 0.6) is 0 Å². The number of aliphatic hydroxyl groups is 1. The van der Waals surface area contributed by atoms with E-state index in [0.29, 0.717) is 18.0 Å². The second-order valence-corrected chi connectivity index (χ2v) is 4.79. The van der Waals surface area contributed by atoms with Crippen LogP contribution in [-0.2, 0) is 7.05 Å². The van der Waals surface area contributed by atoms with Gasteiger partial charge in [0.05, 0.1) is 12.6 Å². The highest BCUT2D eigenvalue weighted by molar-refractivity contribution is 5.92. The molecule has 5 heteroatoms. The van der Waals surface area contributed by atoms with Crippen molar-refractivity contribution in [2.45, 2.75) is 26.3 Å². The highest BCUT2D eigenvalue weighted by Crippen LogP contribution is 2.05. The van der Waals surface area contributed by atoms with Gasteiger partial charge in [-0.2, -0.15) is 0 Å². The highest BCUT2D eigenvalue weighted by atomic mass is 16.3. The van der Waals surface area contributed by atoms with Crippen LogP contribution in [0.4, 0.5) is 0 Å². The lowest BCUT2D eigenvalue weighted by molar-refractivity contribution is 0.0899. The quantitative estimate of drug-likeness (QED) is 0.802. The van der Waals surface area contributed by atoms with Crippen LogP contribution in [0.3, 0.4) is 0 Å². The topological polar surface area (TPSA) is 71.3 Å². The standard InChI is InChI=1S/C13H20N2O3/c1-9(2)7-10(8-16)14-13(18)11-5-4-6-12(17)15(11)3/h4-6,9-10,16H,7-8H2,1-3H3,(H,14,18). The average molecular weight is 252 g/mol. The maximum absolute atomic E-state index is 12.0. The first-order chi connectivity index (χ1) is 8.45. The van der Waals surface area contributed by atoms with Crippen molar-refractivity contribution in [3.8, 4) is 0 Å². The van der Waals surface area contributed by atoms with Crippen LogP contribution in [0.25, 0.3) is 0 Å². The monoisotopic (exact) mass is 252 g/mol. The van der Waals surface area contributed by atoms with Crippen molar-refractivity contribution in [3.05, 3.63) is 34.2 Å². The number of carbonyl (C=O) groups excluding carboxylic acids is 1. The number of nitrogens with one attached hydrogen (secondary N) is 1. The van der Waals surface area contributed by atoms with E-state index >= 15 is 0 Å². The number of aliphatic hydroxyl groups excluding tert-OH is 1. The third-order valence-corrected chi connectivity index (χ3v) is 2.73. The molecule has 2 N–H and O–H groups in total. The summed E-state index contributed by atoms with van der Waals surface area (Å²) >= 11 is 0. The predicted octanol–water partition coefficient (Wildman–Crippen LogP) is 0.522. The van der Waals surface area contributed by atoms with Gasteiger partial charge >= 0.3 is 0 Å². The molecule has 1 atom stereocenters. The summed E-state index contributed by atoms with van der Waals surface area (Å²) in [5, 5.41) is 11.9. The van der Waals surface area contributed by atoms with E-state index in [-0.39, 0.29) is 24.1 Å². The van der Waals surface area contributed by atoms with Crippen molar-refractivity contribution >= 4 is 5.91 Å². The molecule has 1 unspecified atom stereocenters. The Morgan fingerprint density at radius 1 is 1.44 bits per heavy atom. The Bertz CT molecular complexity index is 466. The number of amides is 1. The molecule has 100 valence electrons. The van der Waals surface area contributed by atoms with E-state index in [1.807, 2.05) is 13.8 Å². The van der Waals surface area contributed by atoms with Gasteiger partial charge in [-0.3, -0.25) is 9.59 Å². The van der Waals surface area contributed by atoms with Crippen LogP contribution >= 0.6 is 0 Å². The van der Waals surface area contributed by atoms with Crippen LogP contribution < -0.4 is 10.9 Å². The molecule has 0 saturated heterocycles. The third kappa shape index (κ3) is 3.70. The molecule has 0 fully saturated rings. The zero-order valence-corrected chi connectivity index (χ0v) is 11.0. The smallest absolute Gasteiger partial charge is 0.268 e. The molecular formula is C13H20N2O3. The normalized spacial score (nSPS) is 12.5. The van der Waals surface area contributed by atoms with E-state index in [9.17, 15) is 14.7 Å². The Kier molecular flexibility index (Phi) is 5.09. The van der Waals surface area contributed by atoms with Gasteiger partial charge in [0.25, 0.3) is 11.5 Å². The fourth-order valence-corrected chi connectivity index (χ4v) is 1.80. The van der Waals surface area contributed by atoms with Crippen molar-refractivity contribution in [1.29, 1.82) is 0 Å². The third-order valence-electron chi connectivity index (χ3n) is 2.73. The summed E-state index contributed by atoms with van der Waals surface area (Å²) in [5.74, 6) is 0.0388. The number of hydrogen-bond donors (Lipinski definition) is 2. The van der Waals surface area contributed by atoms with Crippen LogP contribution in [0.15, 0.2) is 23.0 Å². The summed E-state index contributed by atoms with van der Waals surface area (Å²) in [6, 6.07) is 4.25. The van der Waals surface area contributed by atoms with Crippen molar-refractivity contribution in [2.75, 3.05) is 6.61 Å². The summed E-state index contributed by atoms with van der Waals surface area (Å²) < 4.78 is 1.29. The largest absolute Gasteiger partial charge is 0.394 e. The molecule has 18 heavy (non-hydrogen) atoms. The van der Waals surface area contributed by atoms with Gasteiger partial charge in [0.2, 0.25) is 0 Å². The molecular weight excluding hydrogens is 232 g/mol. The summed E-state index contributed by atoms with van der Waals surface area (Å²) in [6.45, 7) is 3.94. The zero-order valence-electron chi connectivity index (χ0n) is 11.0. The molecule has 1 aromatic heterocycles. The van der Waals surface area contributed by atoms with Crippen molar-refractivity contribution in [2.24, 2.45) is 13.0 Å². The Morgan fingerprint density at radius 2 is 2.11 bits per heavy atom. The lowest BCUT2D eigenvalue weighted by Gasteiger charge is -2.18. The van der Waals surface area contributed by atoms with E-state index in [1.165, 1.54) is 10.6 Å². The molecule has 0 radical (unpaired) electrons. The van der Waals surface area contributed by atoms with Gasteiger partial charge in [0, 0.05) is 13.1 Å². The molecule has 1 heterocycles. The summed E-state index contributed by atoms with van der Waals surface area (Å²) in [5.41, 5.74) is 0.0664. The predicted molar refractivity (Wildman–Crippen MR) is 69.5 cm³/mol. The summed E-state index contributed by atoms with van der Waals surface area (Å²) in [6.07, 6.45) is 0.697. The van der Waals surface area contributed by atoms with Gasteiger partial charge < -0.3 is 15.0 Å². The number of rotatable bonds is 5. The summed E-state index contributed by atoms with van der Waals surface area (Å²) in [4.78, 5) is 23.4. The number of carbonyl (C=O) groups is 1. The molecule has 0 aliphatic rings. The molecule has 0 spiro atoms.